The first kappa shape index (κ1) is 15.9. The molecule has 5 nitrogen and oxygen atoms in total. The van der Waals surface area contributed by atoms with Gasteiger partial charge in [-0.3, -0.25) is 4.79 Å². The molecule has 100 valence electrons. The number of carbonyl (C=O) groups excluding carboxylic acids is 1. The van der Waals surface area contributed by atoms with Crippen molar-refractivity contribution < 1.29 is 19.4 Å². The van der Waals surface area contributed by atoms with Crippen LogP contribution in [0.5, 0.6) is 0 Å². The predicted molar refractivity (Wildman–Crippen MR) is 64.7 cm³/mol. The largest absolute Gasteiger partial charge is 0.480 e. The van der Waals surface area contributed by atoms with E-state index in [4.69, 9.17) is 9.84 Å². The smallest absolute Gasteiger partial charge is 0.326 e. The summed E-state index contributed by atoms with van der Waals surface area (Å²) in [6.07, 6.45) is 1.10. The first-order valence-electron chi connectivity index (χ1n) is 5.89. The molecule has 0 aliphatic rings. The van der Waals surface area contributed by atoms with Gasteiger partial charge in [0.05, 0.1) is 6.61 Å². The van der Waals surface area contributed by atoms with Crippen molar-refractivity contribution in [2.75, 3.05) is 13.2 Å². The zero-order chi connectivity index (χ0) is 13.5. The number of nitrogens with one attached hydrogen (secondary N) is 1. The third-order valence-electron chi connectivity index (χ3n) is 2.24. The Kier molecular flexibility index (Phi) is 6.80. The molecule has 0 heterocycles. The Hall–Kier alpha value is -1.10. The van der Waals surface area contributed by atoms with Gasteiger partial charge in [-0.25, -0.2) is 4.79 Å². The lowest BCUT2D eigenvalue weighted by atomic mass is 9.86. The van der Waals surface area contributed by atoms with Gasteiger partial charge in [-0.2, -0.15) is 0 Å². The normalized spacial score (nSPS) is 13.2. The molecule has 0 unspecified atom stereocenters. The third-order valence-corrected chi connectivity index (χ3v) is 2.24. The molecule has 1 amide bonds. The number of carboxylic acids is 1. The van der Waals surface area contributed by atoms with E-state index in [0.717, 1.165) is 6.42 Å². The number of aliphatic carboxylic acids is 1. The Morgan fingerprint density at radius 1 is 1.29 bits per heavy atom. The van der Waals surface area contributed by atoms with Crippen LogP contribution in [0, 0.1) is 5.41 Å². The molecule has 0 bridgehead atoms. The second kappa shape index (κ2) is 7.27. The number of ether oxygens (including phenoxy) is 1. The number of rotatable bonds is 7. The molecule has 0 saturated carbocycles. The van der Waals surface area contributed by atoms with Crippen molar-refractivity contribution in [3.8, 4) is 0 Å². The molecule has 0 aromatic heterocycles. The first-order chi connectivity index (χ1) is 7.79. The molecule has 0 aromatic carbocycles. The van der Waals surface area contributed by atoms with Crippen LogP contribution in [0.15, 0.2) is 0 Å². The van der Waals surface area contributed by atoms with Crippen LogP contribution in [0.25, 0.3) is 0 Å². The Bertz CT molecular complexity index is 258. The highest BCUT2D eigenvalue weighted by atomic mass is 16.5. The van der Waals surface area contributed by atoms with Gasteiger partial charge < -0.3 is 15.2 Å². The van der Waals surface area contributed by atoms with Gasteiger partial charge in [0.1, 0.15) is 6.04 Å². The predicted octanol–water partition coefficient (Wildman–Crippen LogP) is 1.42. The minimum atomic E-state index is -1.01. The van der Waals surface area contributed by atoms with Crippen LogP contribution in [-0.4, -0.2) is 36.2 Å². The summed E-state index contributed by atoms with van der Waals surface area (Å²) in [7, 11) is 0. The summed E-state index contributed by atoms with van der Waals surface area (Å²) in [6, 6.07) is -0.874. The van der Waals surface area contributed by atoms with Crippen LogP contribution >= 0.6 is 0 Å². The van der Waals surface area contributed by atoms with Crippen molar-refractivity contribution >= 4 is 11.9 Å². The van der Waals surface area contributed by atoms with Crippen molar-refractivity contribution in [2.45, 2.75) is 46.6 Å². The maximum Gasteiger partial charge on any atom is 0.326 e. The van der Waals surface area contributed by atoms with Crippen LogP contribution in [0.2, 0.25) is 0 Å². The van der Waals surface area contributed by atoms with Crippen molar-refractivity contribution in [3.05, 3.63) is 0 Å². The molecule has 17 heavy (non-hydrogen) atoms. The molecule has 0 aliphatic carbocycles. The van der Waals surface area contributed by atoms with E-state index in [-0.39, 0.29) is 12.3 Å². The summed E-state index contributed by atoms with van der Waals surface area (Å²) in [5.74, 6) is -1.30. The fraction of sp³-hybridized carbons (Fsp3) is 0.833. The molecule has 5 heteroatoms. The lowest BCUT2D eigenvalue weighted by Gasteiger charge is -2.27. The van der Waals surface area contributed by atoms with Gasteiger partial charge in [0, 0.05) is 13.0 Å². The van der Waals surface area contributed by atoms with Crippen molar-refractivity contribution in [1.29, 1.82) is 0 Å². The average molecular weight is 245 g/mol. The minimum Gasteiger partial charge on any atom is -0.480 e. The average Bonchev–Trinajstić information content (AvgIpc) is 2.19. The number of carboxylic acid groups (broad SMARTS) is 1. The third kappa shape index (κ3) is 6.94. The van der Waals surface area contributed by atoms with Gasteiger partial charge in [0.25, 0.3) is 0 Å². The van der Waals surface area contributed by atoms with Gasteiger partial charge in [-0.05, 0) is 11.8 Å². The van der Waals surface area contributed by atoms with Gasteiger partial charge in [-0.1, -0.05) is 27.7 Å². The van der Waals surface area contributed by atoms with E-state index in [0.29, 0.717) is 13.2 Å². The Morgan fingerprint density at radius 2 is 1.88 bits per heavy atom. The number of amides is 1. The highest BCUT2D eigenvalue weighted by molar-refractivity contribution is 5.84. The molecule has 0 fully saturated rings. The van der Waals surface area contributed by atoms with Crippen LogP contribution in [0.1, 0.15) is 40.5 Å². The zero-order valence-electron chi connectivity index (χ0n) is 11.1. The molecule has 0 saturated heterocycles. The van der Waals surface area contributed by atoms with Gasteiger partial charge >= 0.3 is 5.97 Å². The molecule has 0 rings (SSSR count). The minimum absolute atomic E-state index is 0.194. The maximum absolute atomic E-state index is 11.5. The molecular formula is C12H23NO4. The van der Waals surface area contributed by atoms with Crippen LogP contribution in [0.4, 0.5) is 0 Å². The van der Waals surface area contributed by atoms with Gasteiger partial charge in [0.2, 0.25) is 5.91 Å². The molecular weight excluding hydrogens is 222 g/mol. The van der Waals surface area contributed by atoms with Gasteiger partial charge in [0.15, 0.2) is 0 Å². The van der Waals surface area contributed by atoms with Crippen molar-refractivity contribution in [2.24, 2.45) is 5.41 Å². The number of carbonyl (C=O) groups is 2. The lowest BCUT2D eigenvalue weighted by molar-refractivity contribution is -0.145. The Balaban J connectivity index is 4.11. The SMILES string of the molecule is CCCOCCC(=O)N[C@@H](C(=O)O)C(C)(C)C. The highest BCUT2D eigenvalue weighted by Gasteiger charge is 2.32. The second-order valence-corrected chi connectivity index (χ2v) is 5.07. The number of hydrogen-bond donors (Lipinski definition) is 2. The van der Waals surface area contributed by atoms with E-state index in [1.807, 2.05) is 6.92 Å². The Morgan fingerprint density at radius 3 is 2.29 bits per heavy atom. The van der Waals surface area contributed by atoms with E-state index in [1.54, 1.807) is 20.8 Å². The molecule has 0 aromatic rings. The van der Waals surface area contributed by atoms with Crippen LogP contribution in [0.3, 0.4) is 0 Å². The summed E-state index contributed by atoms with van der Waals surface area (Å²) >= 11 is 0. The van der Waals surface area contributed by atoms with Gasteiger partial charge in [-0.15, -0.1) is 0 Å². The lowest BCUT2D eigenvalue weighted by Crippen LogP contribution is -2.49. The van der Waals surface area contributed by atoms with Crippen LogP contribution < -0.4 is 5.32 Å². The second-order valence-electron chi connectivity index (χ2n) is 5.07. The molecule has 0 aliphatic heterocycles. The summed E-state index contributed by atoms with van der Waals surface area (Å²) < 4.78 is 5.17. The summed E-state index contributed by atoms with van der Waals surface area (Å²) in [5, 5.41) is 11.5. The maximum atomic E-state index is 11.5. The standard InChI is InChI=1S/C12H23NO4/c1-5-7-17-8-6-9(14)13-10(11(15)16)12(2,3)4/h10H,5-8H2,1-4H3,(H,13,14)(H,15,16)/t10-/m0/s1. The van der Waals surface area contributed by atoms with E-state index < -0.39 is 17.4 Å². The van der Waals surface area contributed by atoms with Crippen molar-refractivity contribution in [1.82, 2.24) is 5.32 Å². The fourth-order valence-electron chi connectivity index (χ4n) is 1.29. The molecule has 2 N–H and O–H groups in total. The van der Waals surface area contributed by atoms with E-state index in [2.05, 4.69) is 5.32 Å². The topological polar surface area (TPSA) is 75.6 Å². The van der Waals surface area contributed by atoms with E-state index in [9.17, 15) is 9.59 Å². The van der Waals surface area contributed by atoms with Crippen LogP contribution in [-0.2, 0) is 14.3 Å². The first-order valence-corrected chi connectivity index (χ1v) is 5.89. The van der Waals surface area contributed by atoms with E-state index >= 15 is 0 Å². The van der Waals surface area contributed by atoms with E-state index in [1.165, 1.54) is 0 Å². The molecule has 0 spiro atoms. The summed E-state index contributed by atoms with van der Waals surface area (Å²) in [4.78, 5) is 22.5. The monoisotopic (exact) mass is 245 g/mol. The zero-order valence-corrected chi connectivity index (χ0v) is 11.1. The quantitative estimate of drug-likeness (QED) is 0.665. The number of hydrogen-bond acceptors (Lipinski definition) is 3. The molecule has 1 atom stereocenters. The Labute approximate surface area is 103 Å². The molecule has 0 radical (unpaired) electrons. The summed E-state index contributed by atoms with van der Waals surface area (Å²) in [5.41, 5.74) is -0.508. The fourth-order valence-corrected chi connectivity index (χ4v) is 1.29. The highest BCUT2D eigenvalue weighted by Crippen LogP contribution is 2.19. The van der Waals surface area contributed by atoms with Crippen molar-refractivity contribution in [3.63, 3.8) is 0 Å². The summed E-state index contributed by atoms with van der Waals surface area (Å²) in [6.45, 7) is 8.27.